The number of aryl methyl sites for hydroxylation is 3. The van der Waals surface area contributed by atoms with Crippen LogP contribution >= 0.6 is 0 Å². The Morgan fingerprint density at radius 3 is 2.03 bits per heavy atom. The van der Waals surface area contributed by atoms with Gasteiger partial charge in [0.25, 0.3) is 0 Å². The average molecular weight is 423 g/mol. The maximum absolute atomic E-state index is 12.4. The topological polar surface area (TPSA) is 64.7 Å². The van der Waals surface area contributed by atoms with E-state index in [0.717, 1.165) is 29.0 Å². The van der Waals surface area contributed by atoms with E-state index in [1.807, 2.05) is 32.9 Å². The SMILES string of the molecule is Cc1cc(C)c(NC(=O)CN(C)CC(=O)Nc2ccc(CN3CCCC3)cc2)c(C)c1. The molecule has 1 aliphatic rings. The molecule has 166 valence electrons. The van der Waals surface area contributed by atoms with Gasteiger partial charge in [-0.05, 0) is 82.6 Å². The molecule has 2 amide bonds. The zero-order valence-corrected chi connectivity index (χ0v) is 19.1. The maximum Gasteiger partial charge on any atom is 0.238 e. The molecule has 2 aromatic rings. The average Bonchev–Trinajstić information content (AvgIpc) is 3.19. The third-order valence-electron chi connectivity index (χ3n) is 5.61. The van der Waals surface area contributed by atoms with Gasteiger partial charge in [0, 0.05) is 17.9 Å². The van der Waals surface area contributed by atoms with Crippen molar-refractivity contribution in [2.75, 3.05) is 43.9 Å². The molecule has 6 nitrogen and oxygen atoms in total. The van der Waals surface area contributed by atoms with Crippen LogP contribution in [0, 0.1) is 20.8 Å². The Kier molecular flexibility index (Phi) is 7.82. The Hall–Kier alpha value is -2.70. The summed E-state index contributed by atoms with van der Waals surface area (Å²) in [7, 11) is 1.77. The summed E-state index contributed by atoms with van der Waals surface area (Å²) in [5.74, 6) is -0.262. The third kappa shape index (κ3) is 6.91. The number of anilines is 2. The second-order valence-corrected chi connectivity index (χ2v) is 8.72. The molecule has 2 aromatic carbocycles. The Bertz CT molecular complexity index is 895. The summed E-state index contributed by atoms with van der Waals surface area (Å²) in [4.78, 5) is 29.0. The molecule has 0 bridgehead atoms. The normalized spacial score (nSPS) is 14.1. The van der Waals surface area contributed by atoms with E-state index in [2.05, 4.69) is 39.8 Å². The molecule has 0 radical (unpaired) electrons. The molecule has 1 fully saturated rings. The van der Waals surface area contributed by atoms with Crippen molar-refractivity contribution in [3.63, 3.8) is 0 Å². The molecular formula is C25H34N4O2. The quantitative estimate of drug-likeness (QED) is 0.681. The largest absolute Gasteiger partial charge is 0.325 e. The van der Waals surface area contributed by atoms with Gasteiger partial charge in [-0.15, -0.1) is 0 Å². The summed E-state index contributed by atoms with van der Waals surface area (Å²) >= 11 is 0. The van der Waals surface area contributed by atoms with Crippen molar-refractivity contribution in [1.29, 1.82) is 0 Å². The van der Waals surface area contributed by atoms with Crippen molar-refractivity contribution in [3.8, 4) is 0 Å². The van der Waals surface area contributed by atoms with Crippen LogP contribution in [0.5, 0.6) is 0 Å². The number of likely N-dealkylation sites (tertiary alicyclic amines) is 1. The van der Waals surface area contributed by atoms with Gasteiger partial charge < -0.3 is 10.6 Å². The number of amides is 2. The summed E-state index contributed by atoms with van der Waals surface area (Å²) in [5, 5.41) is 5.89. The van der Waals surface area contributed by atoms with E-state index in [0.29, 0.717) is 0 Å². The fourth-order valence-corrected chi connectivity index (χ4v) is 4.20. The first-order chi connectivity index (χ1) is 14.8. The van der Waals surface area contributed by atoms with Crippen LogP contribution in [0.25, 0.3) is 0 Å². The van der Waals surface area contributed by atoms with E-state index in [1.165, 1.54) is 37.1 Å². The zero-order valence-electron chi connectivity index (χ0n) is 19.1. The van der Waals surface area contributed by atoms with Crippen molar-refractivity contribution in [2.45, 2.75) is 40.2 Å². The van der Waals surface area contributed by atoms with Crippen molar-refractivity contribution in [1.82, 2.24) is 9.80 Å². The van der Waals surface area contributed by atoms with Crippen LogP contribution in [0.2, 0.25) is 0 Å². The number of likely N-dealkylation sites (N-methyl/N-ethyl adjacent to an activating group) is 1. The van der Waals surface area contributed by atoms with E-state index < -0.39 is 0 Å². The number of carbonyl (C=O) groups is 2. The summed E-state index contributed by atoms with van der Waals surface area (Å²) in [5.41, 5.74) is 6.14. The first kappa shape index (κ1) is 23.0. The van der Waals surface area contributed by atoms with Crippen LogP contribution in [0.4, 0.5) is 11.4 Å². The summed E-state index contributed by atoms with van der Waals surface area (Å²) in [6.07, 6.45) is 2.56. The number of rotatable bonds is 8. The van der Waals surface area contributed by atoms with Crippen LogP contribution in [0.3, 0.4) is 0 Å². The first-order valence-electron chi connectivity index (χ1n) is 11.0. The predicted molar refractivity (Wildman–Crippen MR) is 126 cm³/mol. The summed E-state index contributed by atoms with van der Waals surface area (Å²) < 4.78 is 0. The Labute approximate surface area is 185 Å². The van der Waals surface area contributed by atoms with Crippen molar-refractivity contribution in [3.05, 3.63) is 58.7 Å². The molecule has 6 heteroatoms. The molecule has 3 rings (SSSR count). The van der Waals surface area contributed by atoms with E-state index >= 15 is 0 Å². The minimum atomic E-state index is -0.134. The van der Waals surface area contributed by atoms with E-state index in [4.69, 9.17) is 0 Å². The number of nitrogens with one attached hydrogen (secondary N) is 2. The second kappa shape index (κ2) is 10.6. The van der Waals surface area contributed by atoms with Gasteiger partial charge in [-0.3, -0.25) is 19.4 Å². The van der Waals surface area contributed by atoms with Crippen molar-refractivity contribution < 1.29 is 9.59 Å². The number of hydrogen-bond donors (Lipinski definition) is 2. The molecule has 2 N–H and O–H groups in total. The van der Waals surface area contributed by atoms with E-state index in [1.54, 1.807) is 11.9 Å². The van der Waals surface area contributed by atoms with Crippen molar-refractivity contribution in [2.24, 2.45) is 0 Å². The van der Waals surface area contributed by atoms with E-state index in [9.17, 15) is 9.59 Å². The third-order valence-corrected chi connectivity index (χ3v) is 5.61. The number of carbonyl (C=O) groups excluding carboxylic acids is 2. The lowest BCUT2D eigenvalue weighted by atomic mass is 10.1. The zero-order chi connectivity index (χ0) is 22.4. The van der Waals surface area contributed by atoms with Gasteiger partial charge in [0.15, 0.2) is 0 Å². The number of hydrogen-bond acceptors (Lipinski definition) is 4. The molecule has 0 unspecified atom stereocenters. The highest BCUT2D eigenvalue weighted by atomic mass is 16.2. The Morgan fingerprint density at radius 1 is 0.903 bits per heavy atom. The number of nitrogens with zero attached hydrogens (tertiary/aromatic N) is 2. The smallest absolute Gasteiger partial charge is 0.238 e. The first-order valence-corrected chi connectivity index (χ1v) is 11.0. The Morgan fingerprint density at radius 2 is 1.45 bits per heavy atom. The molecule has 0 spiro atoms. The van der Waals surface area contributed by atoms with Crippen LogP contribution in [0.15, 0.2) is 36.4 Å². The van der Waals surface area contributed by atoms with Gasteiger partial charge in [0.05, 0.1) is 13.1 Å². The maximum atomic E-state index is 12.4. The standard InChI is InChI=1S/C25H34N4O2/c1-18-13-19(2)25(20(3)14-18)27-24(31)17-28(4)16-23(30)26-22-9-7-21(8-10-22)15-29-11-5-6-12-29/h7-10,13-14H,5-6,11-12,15-17H2,1-4H3,(H,26,30)(H,27,31). The van der Waals surface area contributed by atoms with Gasteiger partial charge in [0.2, 0.25) is 11.8 Å². The highest BCUT2D eigenvalue weighted by Crippen LogP contribution is 2.21. The molecule has 0 saturated carbocycles. The lowest BCUT2D eigenvalue weighted by Gasteiger charge is -2.18. The molecule has 1 heterocycles. The molecule has 31 heavy (non-hydrogen) atoms. The minimum Gasteiger partial charge on any atom is -0.325 e. The predicted octanol–water partition coefficient (Wildman–Crippen LogP) is 3.72. The second-order valence-electron chi connectivity index (χ2n) is 8.72. The van der Waals surface area contributed by atoms with Gasteiger partial charge in [-0.1, -0.05) is 29.8 Å². The lowest BCUT2D eigenvalue weighted by molar-refractivity contribution is -0.119. The molecular weight excluding hydrogens is 388 g/mol. The van der Waals surface area contributed by atoms with Crippen LogP contribution in [-0.4, -0.2) is 54.8 Å². The van der Waals surface area contributed by atoms with Gasteiger partial charge >= 0.3 is 0 Å². The van der Waals surface area contributed by atoms with Crippen LogP contribution < -0.4 is 10.6 Å². The summed E-state index contributed by atoms with van der Waals surface area (Å²) in [6, 6.07) is 12.1. The number of benzene rings is 2. The lowest BCUT2D eigenvalue weighted by Crippen LogP contribution is -2.36. The van der Waals surface area contributed by atoms with Gasteiger partial charge in [-0.25, -0.2) is 0 Å². The van der Waals surface area contributed by atoms with Crippen molar-refractivity contribution >= 4 is 23.2 Å². The molecule has 1 saturated heterocycles. The van der Waals surface area contributed by atoms with Crippen LogP contribution in [0.1, 0.15) is 35.1 Å². The monoisotopic (exact) mass is 422 g/mol. The molecule has 0 atom stereocenters. The fourth-order valence-electron chi connectivity index (χ4n) is 4.20. The fraction of sp³-hybridized carbons (Fsp3) is 0.440. The molecule has 0 aromatic heterocycles. The van der Waals surface area contributed by atoms with Gasteiger partial charge in [-0.2, -0.15) is 0 Å². The molecule has 0 aliphatic carbocycles. The summed E-state index contributed by atoms with van der Waals surface area (Å²) in [6.45, 7) is 9.62. The highest BCUT2D eigenvalue weighted by molar-refractivity contribution is 5.95. The minimum absolute atomic E-state index is 0.128. The Balaban J connectivity index is 1.45. The van der Waals surface area contributed by atoms with Crippen LogP contribution in [-0.2, 0) is 16.1 Å². The van der Waals surface area contributed by atoms with E-state index in [-0.39, 0.29) is 24.9 Å². The molecule has 1 aliphatic heterocycles. The van der Waals surface area contributed by atoms with Gasteiger partial charge in [0.1, 0.15) is 0 Å². The highest BCUT2D eigenvalue weighted by Gasteiger charge is 2.14.